The summed E-state index contributed by atoms with van der Waals surface area (Å²) in [5, 5.41) is 2.82. The van der Waals surface area contributed by atoms with Gasteiger partial charge in [-0.25, -0.2) is 13.8 Å². The summed E-state index contributed by atoms with van der Waals surface area (Å²) in [7, 11) is 0. The van der Waals surface area contributed by atoms with Crippen molar-refractivity contribution in [2.45, 2.75) is 32.5 Å². The Labute approximate surface area is 164 Å². The lowest BCUT2D eigenvalue weighted by Gasteiger charge is -2.14. The predicted molar refractivity (Wildman–Crippen MR) is 106 cm³/mol. The first-order valence-corrected chi connectivity index (χ1v) is 9.71. The lowest BCUT2D eigenvalue weighted by Crippen LogP contribution is -2.26. The highest BCUT2D eigenvalue weighted by atomic mass is 32.2. The van der Waals surface area contributed by atoms with Gasteiger partial charge in [0, 0.05) is 18.3 Å². The van der Waals surface area contributed by atoms with Gasteiger partial charge < -0.3 is 10.3 Å². The first kappa shape index (κ1) is 20.1. The summed E-state index contributed by atoms with van der Waals surface area (Å²) in [5.41, 5.74) is 1.49. The maximum absolute atomic E-state index is 13.7. The lowest BCUT2D eigenvalue weighted by molar-refractivity contribution is -0.113. The third-order valence-electron chi connectivity index (χ3n) is 3.92. The first-order valence-electron chi connectivity index (χ1n) is 8.72. The molecule has 0 fully saturated rings. The van der Waals surface area contributed by atoms with Crippen LogP contribution in [-0.4, -0.2) is 26.2 Å². The van der Waals surface area contributed by atoms with Gasteiger partial charge in [-0.3, -0.25) is 14.2 Å². The molecule has 0 unspecified atom stereocenters. The van der Waals surface area contributed by atoms with Gasteiger partial charge in [0.25, 0.3) is 5.56 Å². The van der Waals surface area contributed by atoms with Crippen LogP contribution < -0.4 is 10.9 Å². The minimum atomic E-state index is -0.850. The summed E-state index contributed by atoms with van der Waals surface area (Å²) in [6, 6.07) is 4.70. The Bertz CT molecular complexity index is 1090. The molecule has 148 valence electrons. The molecule has 2 aromatic heterocycles. The summed E-state index contributed by atoms with van der Waals surface area (Å²) in [5.74, 6) is -1.92. The van der Waals surface area contributed by atoms with Gasteiger partial charge in [-0.05, 0) is 31.0 Å². The van der Waals surface area contributed by atoms with Crippen molar-refractivity contribution in [1.29, 1.82) is 0 Å². The lowest BCUT2D eigenvalue weighted by atomic mass is 10.2. The third kappa shape index (κ3) is 4.41. The molecule has 6 nitrogen and oxygen atoms in total. The first-order chi connectivity index (χ1) is 13.2. The van der Waals surface area contributed by atoms with E-state index < -0.39 is 17.5 Å². The zero-order valence-corrected chi connectivity index (χ0v) is 16.5. The molecule has 0 saturated carbocycles. The van der Waals surface area contributed by atoms with E-state index in [0.717, 1.165) is 29.6 Å². The number of nitrogens with one attached hydrogen (secondary N) is 2. The molecule has 28 heavy (non-hydrogen) atoms. The Morgan fingerprint density at radius 3 is 2.75 bits per heavy atom. The van der Waals surface area contributed by atoms with Crippen molar-refractivity contribution in [3.8, 4) is 0 Å². The van der Waals surface area contributed by atoms with Crippen LogP contribution in [-0.2, 0) is 11.3 Å². The SMILES string of the molecule is Cc1cc2nc(SCC(=O)Nc3ccc(F)cc3F)n(CC(C)C)c(=O)c2[nH]1. The molecule has 1 aromatic carbocycles. The van der Waals surface area contributed by atoms with E-state index in [1.54, 1.807) is 10.6 Å². The van der Waals surface area contributed by atoms with Crippen molar-refractivity contribution in [1.82, 2.24) is 14.5 Å². The number of thioether (sulfide) groups is 1. The number of H-pyrrole nitrogens is 1. The normalized spacial score (nSPS) is 11.4. The Hall–Kier alpha value is -2.68. The van der Waals surface area contributed by atoms with Gasteiger partial charge in [-0.2, -0.15) is 0 Å². The third-order valence-corrected chi connectivity index (χ3v) is 4.90. The molecule has 0 aliphatic rings. The maximum Gasteiger partial charge on any atom is 0.278 e. The van der Waals surface area contributed by atoms with E-state index in [4.69, 9.17) is 0 Å². The summed E-state index contributed by atoms with van der Waals surface area (Å²) < 4.78 is 28.2. The van der Waals surface area contributed by atoms with Crippen molar-refractivity contribution in [2.75, 3.05) is 11.1 Å². The molecule has 0 bridgehead atoms. The van der Waals surface area contributed by atoms with Crippen LogP contribution in [0.25, 0.3) is 11.0 Å². The second-order valence-corrected chi connectivity index (χ2v) is 7.82. The van der Waals surface area contributed by atoms with Gasteiger partial charge in [-0.1, -0.05) is 25.6 Å². The monoisotopic (exact) mass is 406 g/mol. The quantitative estimate of drug-likeness (QED) is 0.483. The molecular weight excluding hydrogens is 386 g/mol. The van der Waals surface area contributed by atoms with Gasteiger partial charge in [0.05, 0.1) is 17.0 Å². The Morgan fingerprint density at radius 2 is 2.07 bits per heavy atom. The number of aromatic amines is 1. The van der Waals surface area contributed by atoms with E-state index in [1.165, 1.54) is 0 Å². The molecule has 2 heterocycles. The van der Waals surface area contributed by atoms with E-state index >= 15 is 0 Å². The molecule has 2 N–H and O–H groups in total. The largest absolute Gasteiger partial charge is 0.353 e. The summed E-state index contributed by atoms with van der Waals surface area (Å²) in [4.78, 5) is 32.5. The van der Waals surface area contributed by atoms with Crippen molar-refractivity contribution >= 4 is 34.4 Å². The van der Waals surface area contributed by atoms with Gasteiger partial charge >= 0.3 is 0 Å². The van der Waals surface area contributed by atoms with Gasteiger partial charge in [-0.15, -0.1) is 0 Å². The standard InChI is InChI=1S/C19H20F2N4O2S/c1-10(2)8-25-18(27)17-15(6-11(3)22-17)24-19(25)28-9-16(26)23-14-5-4-12(20)7-13(14)21/h4-7,10,22H,8-9H2,1-3H3,(H,23,26). The minimum Gasteiger partial charge on any atom is -0.353 e. The van der Waals surface area contributed by atoms with Crippen molar-refractivity contribution in [3.63, 3.8) is 0 Å². The fourth-order valence-electron chi connectivity index (χ4n) is 2.75. The zero-order chi connectivity index (χ0) is 20.4. The number of carbonyl (C=O) groups is 1. The number of nitrogens with zero attached hydrogens (tertiary/aromatic N) is 2. The van der Waals surface area contributed by atoms with Crippen LogP contribution in [0.5, 0.6) is 0 Å². The zero-order valence-electron chi connectivity index (χ0n) is 15.7. The second-order valence-electron chi connectivity index (χ2n) is 6.88. The molecule has 9 heteroatoms. The highest BCUT2D eigenvalue weighted by Gasteiger charge is 2.16. The number of anilines is 1. The molecule has 0 aliphatic carbocycles. The van der Waals surface area contributed by atoms with Gasteiger partial charge in [0.1, 0.15) is 17.2 Å². The topological polar surface area (TPSA) is 79.8 Å². The van der Waals surface area contributed by atoms with Crippen LogP contribution in [0.15, 0.2) is 34.2 Å². The number of aromatic nitrogens is 3. The fourth-order valence-corrected chi connectivity index (χ4v) is 3.56. The number of halogens is 2. The maximum atomic E-state index is 13.7. The highest BCUT2D eigenvalue weighted by molar-refractivity contribution is 7.99. The number of hydrogen-bond donors (Lipinski definition) is 2. The van der Waals surface area contributed by atoms with Gasteiger partial charge in [0.15, 0.2) is 5.16 Å². The molecule has 1 amide bonds. The molecule has 0 spiro atoms. The van der Waals surface area contributed by atoms with Crippen LogP contribution in [0.3, 0.4) is 0 Å². The fraction of sp³-hybridized carbons (Fsp3) is 0.316. The highest BCUT2D eigenvalue weighted by Crippen LogP contribution is 2.21. The van der Waals surface area contributed by atoms with Crippen LogP contribution in [0, 0.1) is 24.5 Å². The van der Waals surface area contributed by atoms with Crippen LogP contribution in [0.1, 0.15) is 19.5 Å². The smallest absolute Gasteiger partial charge is 0.278 e. The van der Waals surface area contributed by atoms with Crippen molar-refractivity contribution < 1.29 is 13.6 Å². The van der Waals surface area contributed by atoms with E-state index in [9.17, 15) is 18.4 Å². The molecule has 3 rings (SSSR count). The summed E-state index contributed by atoms with van der Waals surface area (Å²) >= 11 is 1.09. The average Bonchev–Trinajstić information content (AvgIpc) is 2.99. The molecule has 0 saturated heterocycles. The van der Waals surface area contributed by atoms with Crippen LogP contribution in [0.2, 0.25) is 0 Å². The Morgan fingerprint density at radius 1 is 1.32 bits per heavy atom. The van der Waals surface area contributed by atoms with E-state index in [2.05, 4.69) is 15.3 Å². The summed E-state index contributed by atoms with van der Waals surface area (Å²) in [6.45, 7) is 6.26. The summed E-state index contributed by atoms with van der Waals surface area (Å²) in [6.07, 6.45) is 0. The van der Waals surface area contributed by atoms with Crippen molar-refractivity contribution in [3.05, 3.63) is 51.9 Å². The number of benzene rings is 1. The average molecular weight is 406 g/mol. The predicted octanol–water partition coefficient (Wildman–Crippen LogP) is 3.70. The number of carbonyl (C=O) groups excluding carboxylic acids is 1. The molecule has 0 aliphatic heterocycles. The van der Waals surface area contributed by atoms with Crippen LogP contribution in [0.4, 0.5) is 14.5 Å². The number of amides is 1. The molecular formula is C19H20F2N4O2S. The molecule has 0 atom stereocenters. The Kier molecular flexibility index (Phi) is 5.83. The van der Waals surface area contributed by atoms with Crippen molar-refractivity contribution in [2.24, 2.45) is 5.92 Å². The number of aryl methyl sites for hydroxylation is 1. The van der Waals surface area contributed by atoms with Crippen LogP contribution >= 0.6 is 11.8 Å². The number of rotatable bonds is 6. The Balaban J connectivity index is 1.82. The van der Waals surface area contributed by atoms with E-state index in [0.29, 0.717) is 28.8 Å². The molecule has 3 aromatic rings. The number of fused-ring (bicyclic) bond motifs is 1. The van der Waals surface area contributed by atoms with E-state index in [-0.39, 0.29) is 22.9 Å². The number of hydrogen-bond acceptors (Lipinski definition) is 4. The second kappa shape index (κ2) is 8.14. The minimum absolute atomic E-state index is 0.0732. The molecule has 0 radical (unpaired) electrons. The van der Waals surface area contributed by atoms with E-state index in [1.807, 2.05) is 20.8 Å². The van der Waals surface area contributed by atoms with Gasteiger partial charge in [0.2, 0.25) is 5.91 Å².